The Hall–Kier alpha value is -3.71. The Bertz CT molecular complexity index is 1170. The molecule has 7 heteroatoms. The number of nitrogens with one attached hydrogen (secondary N) is 1. The van der Waals surface area contributed by atoms with Gasteiger partial charge in [0.05, 0.1) is 26.9 Å². The minimum Gasteiger partial charge on any atom is -0.493 e. The first-order chi connectivity index (χ1) is 16.8. The molecule has 0 aliphatic rings. The van der Waals surface area contributed by atoms with Crippen LogP contribution in [-0.4, -0.2) is 43.5 Å². The summed E-state index contributed by atoms with van der Waals surface area (Å²) in [6, 6.07) is 12.0. The second kappa shape index (κ2) is 11.6. The van der Waals surface area contributed by atoms with Gasteiger partial charge < -0.3 is 29.2 Å². The summed E-state index contributed by atoms with van der Waals surface area (Å²) < 4.78 is 18.3. The molecule has 186 valence electrons. The number of rotatable bonds is 12. The molecule has 0 aliphatic carbocycles. The van der Waals surface area contributed by atoms with Gasteiger partial charge in [0.15, 0.2) is 11.5 Å². The molecule has 35 heavy (non-hydrogen) atoms. The molecule has 0 saturated heterocycles. The molecule has 3 aromatic rings. The Balaban J connectivity index is 1.75. The third-order valence-electron chi connectivity index (χ3n) is 6.30. The van der Waals surface area contributed by atoms with Crippen LogP contribution in [0.4, 0.5) is 0 Å². The van der Waals surface area contributed by atoms with Crippen LogP contribution < -0.4 is 19.5 Å². The van der Waals surface area contributed by atoms with Gasteiger partial charge in [0.25, 0.3) is 0 Å². The quantitative estimate of drug-likeness (QED) is 0.362. The molecule has 0 bridgehead atoms. The standard InChI is InChI=1S/C28H34N2O5/c1-7-20-8-10-21(11-9-20)17-30-18(2)23(26(19(30)3)28(31)32)16-29-13-12-22-14-24(33-4)27(35-6)25(15-22)34-5/h7-11,14-15,29H,1,12-13,16-17H2,2-6H3,(H,31,32). The van der Waals surface area contributed by atoms with Gasteiger partial charge >= 0.3 is 5.97 Å². The summed E-state index contributed by atoms with van der Waals surface area (Å²) in [4.78, 5) is 12.1. The lowest BCUT2D eigenvalue weighted by molar-refractivity contribution is 0.0694. The Kier molecular flexibility index (Phi) is 8.60. The average molecular weight is 479 g/mol. The molecule has 0 spiro atoms. The number of carbonyl (C=O) groups is 1. The maximum Gasteiger partial charge on any atom is 0.337 e. The van der Waals surface area contributed by atoms with Gasteiger partial charge in [-0.25, -0.2) is 4.79 Å². The normalized spacial score (nSPS) is 10.8. The molecule has 1 aromatic heterocycles. The number of aromatic carboxylic acids is 1. The van der Waals surface area contributed by atoms with Gasteiger partial charge in [0.1, 0.15) is 0 Å². The molecule has 0 unspecified atom stereocenters. The zero-order valence-corrected chi connectivity index (χ0v) is 21.1. The molecule has 0 aliphatic heterocycles. The minimum atomic E-state index is -0.909. The Morgan fingerprint density at radius 3 is 2.14 bits per heavy atom. The highest BCUT2D eigenvalue weighted by Gasteiger charge is 2.22. The van der Waals surface area contributed by atoms with E-state index in [-0.39, 0.29) is 0 Å². The summed E-state index contributed by atoms with van der Waals surface area (Å²) in [6.45, 7) is 9.37. The van der Waals surface area contributed by atoms with E-state index in [9.17, 15) is 9.90 Å². The van der Waals surface area contributed by atoms with E-state index in [2.05, 4.69) is 16.5 Å². The highest BCUT2D eigenvalue weighted by molar-refractivity contribution is 5.91. The Morgan fingerprint density at radius 2 is 1.63 bits per heavy atom. The number of methoxy groups -OCH3 is 3. The fourth-order valence-corrected chi connectivity index (χ4v) is 4.35. The van der Waals surface area contributed by atoms with Crippen molar-refractivity contribution in [3.63, 3.8) is 0 Å². The van der Waals surface area contributed by atoms with Crippen LogP contribution in [0.15, 0.2) is 43.0 Å². The number of nitrogens with zero attached hydrogens (tertiary/aromatic N) is 1. The first kappa shape index (κ1) is 25.9. The summed E-state index contributed by atoms with van der Waals surface area (Å²) in [6.07, 6.45) is 2.52. The molecule has 3 rings (SSSR count). The maximum atomic E-state index is 12.1. The molecular weight excluding hydrogens is 444 g/mol. The molecule has 0 atom stereocenters. The van der Waals surface area contributed by atoms with Crippen molar-refractivity contribution in [2.45, 2.75) is 33.4 Å². The van der Waals surface area contributed by atoms with Crippen molar-refractivity contribution in [3.05, 3.63) is 82.2 Å². The first-order valence-corrected chi connectivity index (χ1v) is 11.5. The molecule has 0 amide bonds. The number of benzene rings is 2. The maximum absolute atomic E-state index is 12.1. The van der Waals surface area contributed by atoms with Crippen molar-refractivity contribution in [1.29, 1.82) is 0 Å². The number of hydrogen-bond acceptors (Lipinski definition) is 5. The molecule has 0 radical (unpaired) electrons. The molecule has 2 aromatic carbocycles. The van der Waals surface area contributed by atoms with E-state index in [0.717, 1.165) is 33.6 Å². The number of aromatic nitrogens is 1. The van der Waals surface area contributed by atoms with E-state index < -0.39 is 5.97 Å². The third-order valence-corrected chi connectivity index (χ3v) is 6.30. The van der Waals surface area contributed by atoms with Crippen molar-refractivity contribution < 1.29 is 24.1 Å². The van der Waals surface area contributed by atoms with Crippen molar-refractivity contribution in [1.82, 2.24) is 9.88 Å². The predicted molar refractivity (Wildman–Crippen MR) is 138 cm³/mol. The number of ether oxygens (including phenoxy) is 3. The van der Waals surface area contributed by atoms with Gasteiger partial charge in [-0.15, -0.1) is 0 Å². The van der Waals surface area contributed by atoms with E-state index in [1.807, 2.05) is 50.2 Å². The lowest BCUT2D eigenvalue weighted by Gasteiger charge is -2.14. The van der Waals surface area contributed by atoms with Gasteiger partial charge in [-0.1, -0.05) is 36.9 Å². The largest absolute Gasteiger partial charge is 0.493 e. The van der Waals surface area contributed by atoms with Crippen LogP contribution in [0.2, 0.25) is 0 Å². The molecular formula is C28H34N2O5. The van der Waals surface area contributed by atoms with Crippen molar-refractivity contribution in [2.24, 2.45) is 0 Å². The van der Waals surface area contributed by atoms with E-state index >= 15 is 0 Å². The van der Waals surface area contributed by atoms with E-state index in [4.69, 9.17) is 14.2 Å². The van der Waals surface area contributed by atoms with E-state index in [1.165, 1.54) is 0 Å². The summed E-state index contributed by atoms with van der Waals surface area (Å²) in [5, 5.41) is 13.3. The molecule has 1 heterocycles. The topological polar surface area (TPSA) is 82.0 Å². The second-order valence-corrected chi connectivity index (χ2v) is 8.32. The predicted octanol–water partition coefficient (Wildman–Crippen LogP) is 4.85. The van der Waals surface area contributed by atoms with Crippen LogP contribution in [0, 0.1) is 13.8 Å². The lowest BCUT2D eigenvalue weighted by Crippen LogP contribution is -2.19. The monoisotopic (exact) mass is 478 g/mol. The zero-order chi connectivity index (χ0) is 25.5. The zero-order valence-electron chi connectivity index (χ0n) is 21.1. The summed E-state index contributed by atoms with van der Waals surface area (Å²) in [5.74, 6) is 0.872. The van der Waals surface area contributed by atoms with Crippen LogP contribution in [0.3, 0.4) is 0 Å². The summed E-state index contributed by atoms with van der Waals surface area (Å²) >= 11 is 0. The van der Waals surface area contributed by atoms with Gasteiger partial charge in [0.2, 0.25) is 5.75 Å². The van der Waals surface area contributed by atoms with E-state index in [0.29, 0.717) is 48.9 Å². The Labute approximate surface area is 207 Å². The van der Waals surface area contributed by atoms with Gasteiger partial charge in [-0.05, 0) is 55.6 Å². The first-order valence-electron chi connectivity index (χ1n) is 11.5. The lowest BCUT2D eigenvalue weighted by atomic mass is 10.1. The molecule has 0 fully saturated rings. The fourth-order valence-electron chi connectivity index (χ4n) is 4.35. The van der Waals surface area contributed by atoms with Gasteiger partial charge in [0, 0.05) is 30.0 Å². The Morgan fingerprint density at radius 1 is 1.00 bits per heavy atom. The minimum absolute atomic E-state index is 0.366. The van der Waals surface area contributed by atoms with Crippen molar-refractivity contribution >= 4 is 12.0 Å². The fraction of sp³-hybridized carbons (Fsp3) is 0.321. The number of hydrogen-bond donors (Lipinski definition) is 2. The second-order valence-electron chi connectivity index (χ2n) is 8.32. The average Bonchev–Trinajstić information content (AvgIpc) is 3.10. The number of carboxylic acid groups (broad SMARTS) is 1. The van der Waals surface area contributed by atoms with Crippen LogP contribution in [0.5, 0.6) is 17.2 Å². The molecule has 7 nitrogen and oxygen atoms in total. The van der Waals surface area contributed by atoms with Gasteiger partial charge in [-0.2, -0.15) is 0 Å². The van der Waals surface area contributed by atoms with Crippen LogP contribution in [0.25, 0.3) is 6.08 Å². The highest BCUT2D eigenvalue weighted by Crippen LogP contribution is 2.38. The van der Waals surface area contributed by atoms with Crippen LogP contribution in [0.1, 0.15) is 44.0 Å². The van der Waals surface area contributed by atoms with Crippen molar-refractivity contribution in [2.75, 3.05) is 27.9 Å². The highest BCUT2D eigenvalue weighted by atomic mass is 16.5. The van der Waals surface area contributed by atoms with Crippen molar-refractivity contribution in [3.8, 4) is 17.2 Å². The SMILES string of the molecule is C=Cc1ccc(Cn2c(C)c(CNCCc3cc(OC)c(OC)c(OC)c3)c(C(=O)O)c2C)cc1. The summed E-state index contributed by atoms with van der Waals surface area (Å²) in [5.41, 5.74) is 6.07. The summed E-state index contributed by atoms with van der Waals surface area (Å²) in [7, 11) is 4.76. The smallest absolute Gasteiger partial charge is 0.337 e. The number of carboxylic acids is 1. The molecule has 2 N–H and O–H groups in total. The van der Waals surface area contributed by atoms with E-state index in [1.54, 1.807) is 27.4 Å². The third kappa shape index (κ3) is 5.69. The van der Waals surface area contributed by atoms with Gasteiger partial charge in [-0.3, -0.25) is 0 Å². The van der Waals surface area contributed by atoms with Crippen LogP contribution in [-0.2, 0) is 19.5 Å². The van der Waals surface area contributed by atoms with Crippen LogP contribution >= 0.6 is 0 Å². The molecule has 0 saturated carbocycles.